The molecule has 0 aliphatic heterocycles. The molecule has 0 bridgehead atoms. The van der Waals surface area contributed by atoms with E-state index in [0.29, 0.717) is 17.1 Å². The van der Waals surface area contributed by atoms with Crippen molar-refractivity contribution in [1.82, 2.24) is 9.78 Å². The van der Waals surface area contributed by atoms with Gasteiger partial charge in [0.25, 0.3) is 0 Å². The average molecular weight is 219 g/mol. The first kappa shape index (κ1) is 10.3. The number of nitrogen functional groups attached to an aromatic ring is 2. The van der Waals surface area contributed by atoms with Crippen LogP contribution >= 0.6 is 0 Å². The van der Waals surface area contributed by atoms with Gasteiger partial charge >= 0.3 is 0 Å². The average Bonchev–Trinajstić information content (AvgIpc) is 2.55. The van der Waals surface area contributed by atoms with Crippen molar-refractivity contribution in [3.8, 4) is 11.4 Å². The van der Waals surface area contributed by atoms with E-state index >= 15 is 0 Å². The van der Waals surface area contributed by atoms with Gasteiger partial charge in [-0.05, 0) is 12.1 Å². The molecular weight excluding hydrogens is 206 g/mol. The maximum absolute atomic E-state index is 9.67. The molecule has 2 rings (SSSR count). The predicted octanol–water partition coefficient (Wildman–Crippen LogP) is 0.201. The molecule has 7 N–H and O–H groups in total. The van der Waals surface area contributed by atoms with Crippen LogP contribution in [-0.4, -0.2) is 14.9 Å². The monoisotopic (exact) mass is 219 g/mol. The Labute approximate surface area is 92.3 Å². The Hall–Kier alpha value is -2.21. The van der Waals surface area contributed by atoms with E-state index in [1.807, 2.05) is 0 Å². The normalized spacial score (nSPS) is 10.6. The second kappa shape index (κ2) is 3.74. The number of aromatic nitrogens is 2. The highest BCUT2D eigenvalue weighted by Gasteiger charge is 2.14. The number of phenols is 1. The molecule has 0 unspecified atom stereocenters. The molecule has 84 valence electrons. The Morgan fingerprint density at radius 2 is 1.94 bits per heavy atom. The fourth-order valence-corrected chi connectivity index (χ4v) is 1.52. The van der Waals surface area contributed by atoms with E-state index in [1.165, 1.54) is 4.68 Å². The number of rotatable bonds is 2. The van der Waals surface area contributed by atoms with Crippen molar-refractivity contribution in [3.05, 3.63) is 29.8 Å². The number of benzene rings is 1. The number of hydrogen-bond donors (Lipinski definition) is 4. The van der Waals surface area contributed by atoms with Gasteiger partial charge in [0.05, 0.1) is 5.56 Å². The first-order chi connectivity index (χ1) is 7.65. The molecule has 0 aliphatic rings. The second-order valence-electron chi connectivity index (χ2n) is 3.35. The lowest BCUT2D eigenvalue weighted by atomic mass is 10.3. The molecule has 16 heavy (non-hydrogen) atoms. The van der Waals surface area contributed by atoms with Crippen molar-refractivity contribution in [2.24, 2.45) is 5.73 Å². The quantitative estimate of drug-likeness (QED) is 0.575. The topological polar surface area (TPSA) is 116 Å². The summed E-state index contributed by atoms with van der Waals surface area (Å²) in [4.78, 5) is 0. The maximum Gasteiger partial charge on any atom is 0.152 e. The highest BCUT2D eigenvalue weighted by molar-refractivity contribution is 5.60. The van der Waals surface area contributed by atoms with Crippen molar-refractivity contribution >= 4 is 11.6 Å². The van der Waals surface area contributed by atoms with Gasteiger partial charge in [-0.3, -0.25) is 0 Å². The number of aromatic hydroxyl groups is 1. The zero-order valence-electron chi connectivity index (χ0n) is 8.59. The van der Waals surface area contributed by atoms with Crippen LogP contribution in [0.5, 0.6) is 5.75 Å². The number of hydrogen-bond acceptors (Lipinski definition) is 5. The van der Waals surface area contributed by atoms with E-state index in [9.17, 15) is 5.11 Å². The largest absolute Gasteiger partial charge is 0.506 e. The molecule has 0 atom stereocenters. The molecular formula is C10H13N5O. The van der Waals surface area contributed by atoms with Gasteiger partial charge in [-0.1, -0.05) is 12.1 Å². The number of nitrogens with zero attached hydrogens (tertiary/aromatic N) is 2. The standard InChI is InChI=1S/C10H13N5O/c11-5-6-9(12)14-15(10(6)13)7-3-1-2-4-8(7)16/h1-4,16H,5,11,13H2,(H2,12,14). The molecule has 1 aromatic carbocycles. The third-order valence-electron chi connectivity index (χ3n) is 2.37. The Kier molecular flexibility index (Phi) is 2.41. The van der Waals surface area contributed by atoms with Gasteiger partial charge in [0.15, 0.2) is 5.82 Å². The summed E-state index contributed by atoms with van der Waals surface area (Å²) < 4.78 is 1.38. The summed E-state index contributed by atoms with van der Waals surface area (Å²) in [6.45, 7) is 0.214. The third kappa shape index (κ3) is 1.45. The van der Waals surface area contributed by atoms with Gasteiger partial charge in [-0.25, -0.2) is 4.68 Å². The lowest BCUT2D eigenvalue weighted by molar-refractivity contribution is 0.471. The number of para-hydroxylation sites is 2. The second-order valence-corrected chi connectivity index (χ2v) is 3.35. The molecule has 0 aliphatic carbocycles. The summed E-state index contributed by atoms with van der Waals surface area (Å²) in [6, 6.07) is 6.73. The Morgan fingerprint density at radius 1 is 1.25 bits per heavy atom. The van der Waals surface area contributed by atoms with E-state index in [-0.39, 0.29) is 18.1 Å². The molecule has 1 heterocycles. The van der Waals surface area contributed by atoms with Crippen LogP contribution in [0.15, 0.2) is 24.3 Å². The Balaban J connectivity index is 2.62. The molecule has 1 aromatic heterocycles. The Bertz CT molecular complexity index is 520. The van der Waals surface area contributed by atoms with Crippen molar-refractivity contribution < 1.29 is 5.11 Å². The van der Waals surface area contributed by atoms with Crippen LogP contribution in [-0.2, 0) is 6.54 Å². The van der Waals surface area contributed by atoms with Gasteiger partial charge in [-0.2, -0.15) is 0 Å². The summed E-state index contributed by atoms with van der Waals surface area (Å²) in [5.74, 6) is 0.713. The SMILES string of the molecule is NCc1c(N)nn(-c2ccccc2O)c1N. The lowest BCUT2D eigenvalue weighted by Crippen LogP contribution is -2.05. The smallest absolute Gasteiger partial charge is 0.152 e. The minimum absolute atomic E-state index is 0.0836. The summed E-state index contributed by atoms with van der Waals surface area (Å²) in [5.41, 5.74) is 18.1. The van der Waals surface area contributed by atoms with E-state index in [0.717, 1.165) is 0 Å². The van der Waals surface area contributed by atoms with Crippen molar-refractivity contribution in [3.63, 3.8) is 0 Å². The van der Waals surface area contributed by atoms with Crippen LogP contribution in [0.2, 0.25) is 0 Å². The highest BCUT2D eigenvalue weighted by Crippen LogP contribution is 2.27. The summed E-state index contributed by atoms with van der Waals surface area (Å²) in [5, 5.41) is 13.7. The molecule has 0 radical (unpaired) electrons. The molecule has 0 saturated heterocycles. The van der Waals surface area contributed by atoms with Crippen LogP contribution in [0.4, 0.5) is 11.6 Å². The number of nitrogens with two attached hydrogens (primary N) is 3. The summed E-state index contributed by atoms with van der Waals surface area (Å²) in [7, 11) is 0. The van der Waals surface area contributed by atoms with E-state index in [2.05, 4.69) is 5.10 Å². The minimum Gasteiger partial charge on any atom is -0.506 e. The van der Waals surface area contributed by atoms with Crippen LogP contribution in [0.25, 0.3) is 5.69 Å². The predicted molar refractivity (Wildman–Crippen MR) is 61.9 cm³/mol. The van der Waals surface area contributed by atoms with E-state index in [1.54, 1.807) is 24.3 Å². The van der Waals surface area contributed by atoms with Gasteiger partial charge in [-0.15, -0.1) is 5.10 Å². The summed E-state index contributed by atoms with van der Waals surface area (Å²) >= 11 is 0. The molecule has 0 spiro atoms. The van der Waals surface area contributed by atoms with Crippen LogP contribution in [0.3, 0.4) is 0 Å². The van der Waals surface area contributed by atoms with Crippen LogP contribution in [0, 0.1) is 0 Å². The maximum atomic E-state index is 9.67. The van der Waals surface area contributed by atoms with Gasteiger partial charge in [0.2, 0.25) is 0 Å². The first-order valence-electron chi connectivity index (χ1n) is 4.76. The molecule has 6 heteroatoms. The molecule has 6 nitrogen and oxygen atoms in total. The Morgan fingerprint density at radius 3 is 2.50 bits per heavy atom. The first-order valence-corrected chi connectivity index (χ1v) is 4.76. The number of phenolic OH excluding ortho intramolecular Hbond substituents is 1. The fourth-order valence-electron chi connectivity index (χ4n) is 1.52. The van der Waals surface area contributed by atoms with Gasteiger partial charge < -0.3 is 22.3 Å². The zero-order valence-corrected chi connectivity index (χ0v) is 8.59. The van der Waals surface area contributed by atoms with E-state index < -0.39 is 0 Å². The van der Waals surface area contributed by atoms with Gasteiger partial charge in [0, 0.05) is 6.54 Å². The molecule has 2 aromatic rings. The molecule has 0 saturated carbocycles. The minimum atomic E-state index is 0.0836. The number of anilines is 2. The van der Waals surface area contributed by atoms with E-state index in [4.69, 9.17) is 17.2 Å². The van der Waals surface area contributed by atoms with Crippen molar-refractivity contribution in [1.29, 1.82) is 0 Å². The lowest BCUT2D eigenvalue weighted by Gasteiger charge is -2.06. The summed E-state index contributed by atoms with van der Waals surface area (Å²) in [6.07, 6.45) is 0. The van der Waals surface area contributed by atoms with Gasteiger partial charge in [0.1, 0.15) is 17.3 Å². The molecule has 0 fully saturated rings. The zero-order chi connectivity index (χ0) is 11.7. The third-order valence-corrected chi connectivity index (χ3v) is 2.37. The fraction of sp³-hybridized carbons (Fsp3) is 0.100. The molecule has 0 amide bonds. The van der Waals surface area contributed by atoms with Crippen molar-refractivity contribution in [2.75, 3.05) is 11.5 Å². The van der Waals surface area contributed by atoms with Crippen molar-refractivity contribution in [2.45, 2.75) is 6.54 Å². The van der Waals surface area contributed by atoms with Crippen LogP contribution in [0.1, 0.15) is 5.56 Å². The van der Waals surface area contributed by atoms with Crippen LogP contribution < -0.4 is 17.2 Å². The highest BCUT2D eigenvalue weighted by atomic mass is 16.3.